The number of nitrogens with zero attached hydrogens (tertiary/aromatic N) is 1. The average molecular weight is 356 g/mol. The lowest BCUT2D eigenvalue weighted by Crippen LogP contribution is -2.53. The summed E-state index contributed by atoms with van der Waals surface area (Å²) in [6, 6.07) is 0.514. The fraction of sp³-hybridized carbons (Fsp3) is 0.933. The maximum atomic E-state index is 12.4. The normalized spacial score (nSPS) is 28.1. The predicted molar refractivity (Wildman–Crippen MR) is 93.8 cm³/mol. The minimum absolute atomic E-state index is 0. The molecule has 3 N–H and O–H groups in total. The molecule has 2 aliphatic rings. The van der Waals surface area contributed by atoms with E-state index in [2.05, 4.69) is 24.1 Å². The van der Waals surface area contributed by atoms with Crippen LogP contribution in [0.2, 0.25) is 0 Å². The lowest BCUT2D eigenvalue weighted by Gasteiger charge is -2.36. The van der Waals surface area contributed by atoms with E-state index in [0.717, 1.165) is 45.6 Å². The average Bonchev–Trinajstić information content (AvgIpc) is 2.95. The number of nitrogens with one attached hydrogen (secondary N) is 1. The number of hydrogen-bond donors (Lipinski definition) is 2. The first kappa shape index (κ1) is 21.9. The van der Waals surface area contributed by atoms with Crippen LogP contribution in [0.15, 0.2) is 0 Å². The van der Waals surface area contributed by atoms with Gasteiger partial charge in [0, 0.05) is 31.1 Å². The van der Waals surface area contributed by atoms with Crippen molar-refractivity contribution in [2.24, 2.45) is 17.6 Å². The SMILES string of the molecule is CC(NC(=O)[C@@H]1CCC[C@@H]1CN)C(C)N1CCOCC1.Cl.Cl. The zero-order valence-electron chi connectivity index (χ0n) is 13.6. The minimum Gasteiger partial charge on any atom is -0.379 e. The van der Waals surface area contributed by atoms with Crippen molar-refractivity contribution >= 4 is 30.7 Å². The summed E-state index contributed by atoms with van der Waals surface area (Å²) in [5.41, 5.74) is 5.77. The van der Waals surface area contributed by atoms with Crippen LogP contribution in [0, 0.1) is 11.8 Å². The van der Waals surface area contributed by atoms with Gasteiger partial charge < -0.3 is 15.8 Å². The predicted octanol–water partition coefficient (Wildman–Crippen LogP) is 1.43. The molecule has 0 spiro atoms. The minimum atomic E-state index is 0. The van der Waals surface area contributed by atoms with Crippen LogP contribution >= 0.6 is 24.8 Å². The molecule has 5 nitrogen and oxygen atoms in total. The molecule has 2 rings (SSSR count). The van der Waals surface area contributed by atoms with Crippen molar-refractivity contribution in [1.29, 1.82) is 0 Å². The van der Waals surface area contributed by atoms with E-state index >= 15 is 0 Å². The van der Waals surface area contributed by atoms with Gasteiger partial charge in [0.2, 0.25) is 5.91 Å². The van der Waals surface area contributed by atoms with Crippen molar-refractivity contribution in [2.45, 2.75) is 45.2 Å². The van der Waals surface area contributed by atoms with E-state index in [1.807, 2.05) is 0 Å². The highest BCUT2D eigenvalue weighted by molar-refractivity contribution is 5.85. The van der Waals surface area contributed by atoms with Crippen LogP contribution in [0.4, 0.5) is 0 Å². The first-order chi connectivity index (χ1) is 9.63. The summed E-state index contributed by atoms with van der Waals surface area (Å²) in [6.07, 6.45) is 3.22. The Hall–Kier alpha value is -0.0700. The second-order valence-electron chi connectivity index (χ2n) is 6.22. The Balaban J connectivity index is 0.00000220. The molecule has 0 bridgehead atoms. The summed E-state index contributed by atoms with van der Waals surface area (Å²) in [5, 5.41) is 3.21. The van der Waals surface area contributed by atoms with Crippen LogP contribution in [0.5, 0.6) is 0 Å². The van der Waals surface area contributed by atoms with Gasteiger partial charge in [-0.05, 0) is 39.2 Å². The molecule has 2 fully saturated rings. The van der Waals surface area contributed by atoms with Crippen molar-refractivity contribution in [1.82, 2.24) is 10.2 Å². The number of carbonyl (C=O) groups is 1. The highest BCUT2D eigenvalue weighted by Crippen LogP contribution is 2.31. The van der Waals surface area contributed by atoms with Crippen LogP contribution in [-0.2, 0) is 9.53 Å². The number of hydrogen-bond acceptors (Lipinski definition) is 4. The van der Waals surface area contributed by atoms with Crippen LogP contribution < -0.4 is 11.1 Å². The van der Waals surface area contributed by atoms with Gasteiger partial charge in [-0.1, -0.05) is 6.42 Å². The molecule has 1 saturated carbocycles. The van der Waals surface area contributed by atoms with E-state index in [9.17, 15) is 4.79 Å². The summed E-state index contributed by atoms with van der Waals surface area (Å²) in [4.78, 5) is 14.8. The van der Waals surface area contributed by atoms with Crippen molar-refractivity contribution in [3.63, 3.8) is 0 Å². The monoisotopic (exact) mass is 355 g/mol. The molecule has 0 aromatic heterocycles. The molecule has 2 unspecified atom stereocenters. The summed E-state index contributed by atoms with van der Waals surface area (Å²) in [6.45, 7) is 8.42. The number of rotatable bonds is 5. The Labute approximate surface area is 146 Å². The molecule has 0 aromatic carbocycles. The number of morpholine rings is 1. The zero-order chi connectivity index (χ0) is 14.5. The third-order valence-electron chi connectivity index (χ3n) is 5.01. The Bertz CT molecular complexity index is 328. The Morgan fingerprint density at radius 3 is 2.50 bits per heavy atom. The van der Waals surface area contributed by atoms with E-state index in [0.29, 0.717) is 18.5 Å². The Morgan fingerprint density at radius 2 is 1.91 bits per heavy atom. The van der Waals surface area contributed by atoms with Crippen molar-refractivity contribution < 1.29 is 9.53 Å². The van der Waals surface area contributed by atoms with E-state index in [1.54, 1.807) is 0 Å². The first-order valence-corrected chi connectivity index (χ1v) is 7.95. The first-order valence-electron chi connectivity index (χ1n) is 7.95. The number of amides is 1. The molecular formula is C15H31Cl2N3O2. The van der Waals surface area contributed by atoms with E-state index < -0.39 is 0 Å². The second-order valence-corrected chi connectivity index (χ2v) is 6.22. The highest BCUT2D eigenvalue weighted by Gasteiger charge is 2.33. The van der Waals surface area contributed by atoms with Crippen molar-refractivity contribution in [2.75, 3.05) is 32.8 Å². The highest BCUT2D eigenvalue weighted by atomic mass is 35.5. The summed E-state index contributed by atoms with van der Waals surface area (Å²) in [5.74, 6) is 0.700. The van der Waals surface area contributed by atoms with E-state index in [4.69, 9.17) is 10.5 Å². The van der Waals surface area contributed by atoms with E-state index in [-0.39, 0.29) is 42.7 Å². The Morgan fingerprint density at radius 1 is 1.27 bits per heavy atom. The number of carbonyl (C=O) groups excluding carboxylic acids is 1. The molecule has 1 heterocycles. The third-order valence-corrected chi connectivity index (χ3v) is 5.01. The molecule has 1 saturated heterocycles. The summed E-state index contributed by atoms with van der Waals surface area (Å²) in [7, 11) is 0. The van der Waals surface area contributed by atoms with Gasteiger partial charge in [-0.3, -0.25) is 9.69 Å². The molecule has 1 aliphatic heterocycles. The fourth-order valence-corrected chi connectivity index (χ4v) is 3.42. The van der Waals surface area contributed by atoms with Gasteiger partial charge in [-0.2, -0.15) is 0 Å². The molecular weight excluding hydrogens is 325 g/mol. The third kappa shape index (κ3) is 5.53. The topological polar surface area (TPSA) is 67.6 Å². The van der Waals surface area contributed by atoms with Crippen molar-refractivity contribution in [3.8, 4) is 0 Å². The maximum Gasteiger partial charge on any atom is 0.223 e. The summed E-state index contributed by atoms with van der Waals surface area (Å²) >= 11 is 0. The quantitative estimate of drug-likeness (QED) is 0.782. The van der Waals surface area contributed by atoms with Crippen LogP contribution in [-0.4, -0.2) is 55.7 Å². The summed E-state index contributed by atoms with van der Waals surface area (Å²) < 4.78 is 5.38. The number of ether oxygens (including phenoxy) is 1. The zero-order valence-corrected chi connectivity index (χ0v) is 15.3. The van der Waals surface area contributed by atoms with Crippen molar-refractivity contribution in [3.05, 3.63) is 0 Å². The smallest absolute Gasteiger partial charge is 0.223 e. The fourth-order valence-electron chi connectivity index (χ4n) is 3.42. The number of halogens is 2. The lowest BCUT2D eigenvalue weighted by molar-refractivity contribution is -0.127. The van der Waals surface area contributed by atoms with Gasteiger partial charge >= 0.3 is 0 Å². The van der Waals surface area contributed by atoms with Crippen LogP contribution in [0.25, 0.3) is 0 Å². The lowest BCUT2D eigenvalue weighted by atomic mass is 9.94. The van der Waals surface area contributed by atoms with Gasteiger partial charge in [-0.25, -0.2) is 0 Å². The molecule has 7 heteroatoms. The van der Waals surface area contributed by atoms with Crippen LogP contribution in [0.1, 0.15) is 33.1 Å². The largest absolute Gasteiger partial charge is 0.379 e. The molecule has 132 valence electrons. The molecule has 1 aliphatic carbocycles. The van der Waals surface area contributed by atoms with Crippen LogP contribution in [0.3, 0.4) is 0 Å². The standard InChI is InChI=1S/C15H29N3O2.2ClH/c1-11(12(2)18-6-8-20-9-7-18)17-15(19)14-5-3-4-13(14)10-16;;/h11-14H,3-10,16H2,1-2H3,(H,17,19);2*1H/t11?,12?,13-,14-;;/m1../s1. The van der Waals surface area contributed by atoms with Gasteiger partial charge in [0.1, 0.15) is 0 Å². The van der Waals surface area contributed by atoms with Gasteiger partial charge in [0.25, 0.3) is 0 Å². The van der Waals surface area contributed by atoms with E-state index in [1.165, 1.54) is 0 Å². The number of nitrogens with two attached hydrogens (primary N) is 1. The molecule has 22 heavy (non-hydrogen) atoms. The molecule has 4 atom stereocenters. The molecule has 0 aromatic rings. The Kier molecular flexibility index (Phi) is 10.6. The second kappa shape index (κ2) is 10.7. The molecule has 1 amide bonds. The maximum absolute atomic E-state index is 12.4. The van der Waals surface area contributed by atoms with Gasteiger partial charge in [-0.15, -0.1) is 24.8 Å². The van der Waals surface area contributed by atoms with Gasteiger partial charge in [0.05, 0.1) is 13.2 Å². The van der Waals surface area contributed by atoms with Gasteiger partial charge in [0.15, 0.2) is 0 Å². The molecule has 0 radical (unpaired) electrons.